The molecule has 0 unspecified atom stereocenters. The van der Waals surface area contributed by atoms with Gasteiger partial charge < -0.3 is 4.90 Å². The van der Waals surface area contributed by atoms with Gasteiger partial charge in [-0.15, -0.1) is 0 Å². The minimum atomic E-state index is -0.367. The summed E-state index contributed by atoms with van der Waals surface area (Å²) in [6.07, 6.45) is 0. The minimum absolute atomic E-state index is 0.213. The molecule has 5 heteroatoms. The normalized spacial score (nSPS) is 10.8. The second kappa shape index (κ2) is 7.12. The third-order valence-corrected chi connectivity index (χ3v) is 4.60. The first-order valence-electron chi connectivity index (χ1n) is 8.50. The lowest BCUT2D eigenvalue weighted by atomic mass is 10.1. The van der Waals surface area contributed by atoms with Crippen LogP contribution in [0, 0.1) is 26.6 Å². The van der Waals surface area contributed by atoms with Crippen molar-refractivity contribution in [1.29, 1.82) is 0 Å². The molecule has 0 atom stereocenters. The first kappa shape index (κ1) is 17.9. The number of aromatic nitrogens is 2. The molecule has 0 fully saturated rings. The zero-order chi connectivity index (χ0) is 18.8. The molecule has 0 radical (unpaired) electrons. The van der Waals surface area contributed by atoms with Gasteiger partial charge in [-0.3, -0.25) is 4.79 Å². The number of nitrogens with zero attached hydrogens (tertiary/aromatic N) is 3. The summed E-state index contributed by atoms with van der Waals surface area (Å²) in [5.74, 6) is -0.580. The summed E-state index contributed by atoms with van der Waals surface area (Å²) in [5, 5.41) is 4.61. The van der Waals surface area contributed by atoms with Crippen LogP contribution in [0.4, 0.5) is 4.39 Å². The summed E-state index contributed by atoms with van der Waals surface area (Å²) in [6, 6.07) is 14.5. The molecule has 0 aliphatic carbocycles. The quantitative estimate of drug-likeness (QED) is 0.706. The standard InChI is InChI=1S/C21H22FN3O/c1-14-10-11-17(12-20(14)22)21(26)24(4)13-19-15(2)23-25(16(19)3)18-8-6-5-7-9-18/h5-12H,13H2,1-4H3. The van der Waals surface area contributed by atoms with E-state index in [2.05, 4.69) is 5.10 Å². The van der Waals surface area contributed by atoms with Crippen molar-refractivity contribution >= 4 is 5.91 Å². The van der Waals surface area contributed by atoms with Crippen molar-refractivity contribution in [1.82, 2.24) is 14.7 Å². The molecule has 0 spiro atoms. The number of carbonyl (C=O) groups excluding carboxylic acids is 1. The van der Waals surface area contributed by atoms with Crippen LogP contribution in [0.1, 0.15) is 32.9 Å². The molecule has 0 saturated carbocycles. The van der Waals surface area contributed by atoms with Gasteiger partial charge >= 0.3 is 0 Å². The number of halogens is 1. The maximum absolute atomic E-state index is 13.8. The molecular formula is C21H22FN3O. The lowest BCUT2D eigenvalue weighted by Gasteiger charge is -2.18. The van der Waals surface area contributed by atoms with E-state index in [4.69, 9.17) is 0 Å². The van der Waals surface area contributed by atoms with Gasteiger partial charge in [0.25, 0.3) is 5.91 Å². The van der Waals surface area contributed by atoms with Gasteiger partial charge in [0, 0.05) is 30.4 Å². The number of amides is 1. The molecule has 0 aliphatic heterocycles. The molecule has 134 valence electrons. The molecule has 2 aromatic carbocycles. The fourth-order valence-corrected chi connectivity index (χ4v) is 2.98. The van der Waals surface area contributed by atoms with Gasteiger partial charge in [0.15, 0.2) is 0 Å². The SMILES string of the molecule is Cc1ccc(C(=O)N(C)Cc2c(C)nn(-c3ccccc3)c2C)cc1F. The maximum Gasteiger partial charge on any atom is 0.254 e. The Kier molecular flexibility index (Phi) is 4.89. The summed E-state index contributed by atoms with van der Waals surface area (Å²) < 4.78 is 15.6. The molecule has 26 heavy (non-hydrogen) atoms. The number of para-hydroxylation sites is 1. The number of hydrogen-bond acceptors (Lipinski definition) is 2. The summed E-state index contributed by atoms with van der Waals surface area (Å²) in [6.45, 7) is 6.02. The summed E-state index contributed by atoms with van der Waals surface area (Å²) in [4.78, 5) is 14.2. The van der Waals surface area contributed by atoms with Crippen molar-refractivity contribution in [3.63, 3.8) is 0 Å². The van der Waals surface area contributed by atoms with Crippen LogP contribution in [0.2, 0.25) is 0 Å². The van der Waals surface area contributed by atoms with E-state index >= 15 is 0 Å². The van der Waals surface area contributed by atoms with Crippen LogP contribution >= 0.6 is 0 Å². The van der Waals surface area contributed by atoms with Crippen LogP contribution in [0.3, 0.4) is 0 Å². The molecule has 0 bridgehead atoms. The van der Waals surface area contributed by atoms with Gasteiger partial charge in [-0.2, -0.15) is 5.10 Å². The Bertz CT molecular complexity index is 947. The van der Waals surface area contributed by atoms with E-state index in [1.807, 2.05) is 48.9 Å². The Morgan fingerprint density at radius 2 is 1.81 bits per heavy atom. The van der Waals surface area contributed by atoms with Crippen LogP contribution in [-0.2, 0) is 6.54 Å². The first-order chi connectivity index (χ1) is 12.4. The van der Waals surface area contributed by atoms with Crippen molar-refractivity contribution < 1.29 is 9.18 Å². The van der Waals surface area contributed by atoms with Crippen LogP contribution < -0.4 is 0 Å². The predicted octanol–water partition coefficient (Wildman–Crippen LogP) is 4.21. The second-order valence-electron chi connectivity index (χ2n) is 6.52. The molecule has 0 N–H and O–H groups in total. The van der Waals surface area contributed by atoms with E-state index in [9.17, 15) is 9.18 Å². The largest absolute Gasteiger partial charge is 0.337 e. The van der Waals surface area contributed by atoms with Gasteiger partial charge in [-0.05, 0) is 50.6 Å². The average molecular weight is 351 g/mol. The van der Waals surface area contributed by atoms with Gasteiger partial charge in [0.1, 0.15) is 5.82 Å². The fraction of sp³-hybridized carbons (Fsp3) is 0.238. The highest BCUT2D eigenvalue weighted by Crippen LogP contribution is 2.20. The molecule has 1 amide bonds. The topological polar surface area (TPSA) is 38.1 Å². The van der Waals surface area contributed by atoms with E-state index in [0.29, 0.717) is 17.7 Å². The highest BCUT2D eigenvalue weighted by Gasteiger charge is 2.18. The number of rotatable bonds is 4. The Hall–Kier alpha value is -2.95. The number of benzene rings is 2. The lowest BCUT2D eigenvalue weighted by molar-refractivity contribution is 0.0784. The zero-order valence-corrected chi connectivity index (χ0v) is 15.5. The highest BCUT2D eigenvalue weighted by molar-refractivity contribution is 5.94. The fourth-order valence-electron chi connectivity index (χ4n) is 2.98. The molecule has 0 aliphatic rings. The minimum Gasteiger partial charge on any atom is -0.337 e. The summed E-state index contributed by atoms with van der Waals surface area (Å²) in [5.41, 5.74) is 4.72. The third kappa shape index (κ3) is 3.38. The molecule has 3 rings (SSSR count). The zero-order valence-electron chi connectivity index (χ0n) is 15.5. The van der Waals surface area contributed by atoms with Crippen LogP contribution in [0.25, 0.3) is 5.69 Å². The van der Waals surface area contributed by atoms with Gasteiger partial charge in [-0.1, -0.05) is 24.3 Å². The summed E-state index contributed by atoms with van der Waals surface area (Å²) >= 11 is 0. The smallest absolute Gasteiger partial charge is 0.254 e. The number of hydrogen-bond donors (Lipinski definition) is 0. The molecule has 1 heterocycles. The first-order valence-corrected chi connectivity index (χ1v) is 8.50. The molecule has 1 aromatic heterocycles. The van der Waals surface area contributed by atoms with Crippen molar-refractivity contribution in [3.8, 4) is 5.69 Å². The Morgan fingerprint density at radius 1 is 1.12 bits per heavy atom. The van der Waals surface area contributed by atoms with Crippen molar-refractivity contribution in [2.75, 3.05) is 7.05 Å². The van der Waals surface area contributed by atoms with E-state index in [1.54, 1.807) is 31.0 Å². The highest BCUT2D eigenvalue weighted by atomic mass is 19.1. The second-order valence-corrected chi connectivity index (χ2v) is 6.52. The summed E-state index contributed by atoms with van der Waals surface area (Å²) in [7, 11) is 1.72. The van der Waals surface area contributed by atoms with Crippen LogP contribution in [0.5, 0.6) is 0 Å². The van der Waals surface area contributed by atoms with Crippen LogP contribution in [-0.4, -0.2) is 27.6 Å². The van der Waals surface area contributed by atoms with E-state index in [0.717, 1.165) is 22.6 Å². The Morgan fingerprint density at radius 3 is 2.46 bits per heavy atom. The van der Waals surface area contributed by atoms with Gasteiger partial charge in [-0.25, -0.2) is 9.07 Å². The van der Waals surface area contributed by atoms with Crippen molar-refractivity contribution in [2.24, 2.45) is 0 Å². The Labute approximate surface area is 152 Å². The monoisotopic (exact) mass is 351 g/mol. The molecule has 3 aromatic rings. The molecule has 4 nitrogen and oxygen atoms in total. The third-order valence-electron chi connectivity index (χ3n) is 4.60. The predicted molar refractivity (Wildman–Crippen MR) is 100.0 cm³/mol. The molecular weight excluding hydrogens is 329 g/mol. The molecule has 0 saturated heterocycles. The number of carbonyl (C=O) groups is 1. The van der Waals surface area contributed by atoms with Crippen molar-refractivity contribution in [3.05, 3.63) is 82.4 Å². The van der Waals surface area contributed by atoms with E-state index in [1.165, 1.54) is 6.07 Å². The average Bonchev–Trinajstić information content (AvgIpc) is 2.92. The van der Waals surface area contributed by atoms with Gasteiger partial charge in [0.05, 0.1) is 11.4 Å². The van der Waals surface area contributed by atoms with E-state index in [-0.39, 0.29) is 11.7 Å². The lowest BCUT2D eigenvalue weighted by Crippen LogP contribution is -2.26. The maximum atomic E-state index is 13.8. The van der Waals surface area contributed by atoms with Crippen molar-refractivity contribution in [2.45, 2.75) is 27.3 Å². The van der Waals surface area contributed by atoms with Gasteiger partial charge in [0.2, 0.25) is 0 Å². The van der Waals surface area contributed by atoms with E-state index < -0.39 is 0 Å². The number of aryl methyl sites for hydroxylation is 2. The Balaban J connectivity index is 1.85. The van der Waals surface area contributed by atoms with Crippen LogP contribution in [0.15, 0.2) is 48.5 Å².